The number of hydrogen-bond donors (Lipinski definition) is 0. The first-order valence-electron chi connectivity index (χ1n) is 13.3. The van der Waals surface area contributed by atoms with Crippen LogP contribution in [0.2, 0.25) is 0 Å². The number of unbranched alkanes of at least 4 members (excludes halogenated alkanes) is 2. The summed E-state index contributed by atoms with van der Waals surface area (Å²) in [5.41, 5.74) is 1.75. The standard InChI is InChI=1S/C27H35N5O3/c1-2-23-28-26(35-30-23)21-12-9-13-22(18-21)32(27(33)20-10-5-3-6-11-20)17-8-4-7-14-24-29-25(31-34-24)19-15-16-19/h9,12-13,18-20H,2-8,10-11,14-17H2,1H3. The molecule has 1 aromatic carbocycles. The number of anilines is 1. The van der Waals surface area contributed by atoms with Gasteiger partial charge in [0.25, 0.3) is 5.89 Å². The third-order valence-electron chi connectivity index (χ3n) is 7.11. The van der Waals surface area contributed by atoms with Gasteiger partial charge >= 0.3 is 0 Å². The molecule has 1 amide bonds. The van der Waals surface area contributed by atoms with Crippen LogP contribution in [0.3, 0.4) is 0 Å². The topological polar surface area (TPSA) is 98.1 Å². The number of benzene rings is 1. The first-order valence-corrected chi connectivity index (χ1v) is 13.3. The smallest absolute Gasteiger partial charge is 0.257 e. The van der Waals surface area contributed by atoms with Crippen LogP contribution in [-0.4, -0.2) is 32.7 Å². The fraction of sp³-hybridized carbons (Fsp3) is 0.593. The summed E-state index contributed by atoms with van der Waals surface area (Å²) in [6.45, 7) is 2.69. The minimum absolute atomic E-state index is 0.113. The Bertz CT molecular complexity index is 1110. The van der Waals surface area contributed by atoms with E-state index in [9.17, 15) is 4.79 Å². The summed E-state index contributed by atoms with van der Waals surface area (Å²) >= 11 is 0. The van der Waals surface area contributed by atoms with Crippen molar-refractivity contribution in [2.45, 2.75) is 89.9 Å². The van der Waals surface area contributed by atoms with E-state index in [4.69, 9.17) is 9.05 Å². The first kappa shape index (κ1) is 23.7. The minimum atomic E-state index is 0.113. The molecule has 35 heavy (non-hydrogen) atoms. The molecule has 3 aromatic rings. The summed E-state index contributed by atoms with van der Waals surface area (Å²) in [6.07, 6.45) is 12.2. The van der Waals surface area contributed by atoms with E-state index in [1.165, 1.54) is 19.3 Å². The Kier molecular flexibility index (Phi) is 7.54. The van der Waals surface area contributed by atoms with Crippen molar-refractivity contribution >= 4 is 11.6 Å². The maximum absolute atomic E-state index is 13.6. The molecule has 2 saturated carbocycles. The summed E-state index contributed by atoms with van der Waals surface area (Å²) in [4.78, 5) is 24.6. The van der Waals surface area contributed by atoms with Gasteiger partial charge in [-0.25, -0.2) is 0 Å². The van der Waals surface area contributed by atoms with Crippen molar-refractivity contribution in [3.63, 3.8) is 0 Å². The van der Waals surface area contributed by atoms with E-state index < -0.39 is 0 Å². The molecule has 0 atom stereocenters. The monoisotopic (exact) mass is 477 g/mol. The molecule has 5 rings (SSSR count). The number of hydrogen-bond acceptors (Lipinski definition) is 7. The normalized spacial score (nSPS) is 16.5. The van der Waals surface area contributed by atoms with Gasteiger partial charge in [-0.05, 0) is 56.7 Å². The molecule has 0 radical (unpaired) electrons. The van der Waals surface area contributed by atoms with Gasteiger partial charge in [-0.1, -0.05) is 49.0 Å². The van der Waals surface area contributed by atoms with Crippen molar-refractivity contribution in [2.75, 3.05) is 11.4 Å². The van der Waals surface area contributed by atoms with Crippen molar-refractivity contribution in [1.29, 1.82) is 0 Å². The zero-order valence-corrected chi connectivity index (χ0v) is 20.6. The molecular weight excluding hydrogens is 442 g/mol. The van der Waals surface area contributed by atoms with Crippen LogP contribution in [0.4, 0.5) is 5.69 Å². The minimum Gasteiger partial charge on any atom is -0.339 e. The largest absolute Gasteiger partial charge is 0.339 e. The molecular formula is C27H35N5O3. The quantitative estimate of drug-likeness (QED) is 0.318. The molecule has 186 valence electrons. The third kappa shape index (κ3) is 5.97. The van der Waals surface area contributed by atoms with Crippen LogP contribution in [0, 0.1) is 5.92 Å². The molecule has 0 unspecified atom stereocenters. The Balaban J connectivity index is 1.23. The third-order valence-corrected chi connectivity index (χ3v) is 7.11. The van der Waals surface area contributed by atoms with Crippen molar-refractivity contribution < 1.29 is 13.8 Å². The Morgan fingerprint density at radius 1 is 1.00 bits per heavy atom. The number of carbonyl (C=O) groups is 1. The van der Waals surface area contributed by atoms with Crippen molar-refractivity contribution in [1.82, 2.24) is 20.3 Å². The number of aromatic nitrogens is 4. The number of rotatable bonds is 11. The van der Waals surface area contributed by atoms with Gasteiger partial charge in [0.15, 0.2) is 11.6 Å². The molecule has 0 aliphatic heterocycles. The van der Waals surface area contributed by atoms with E-state index in [-0.39, 0.29) is 11.8 Å². The summed E-state index contributed by atoms with van der Waals surface area (Å²) in [6, 6.07) is 7.94. The Labute approximate surface area is 206 Å². The SMILES string of the molecule is CCc1noc(-c2cccc(N(CCCCCc3nc(C4CC4)no3)C(=O)C3CCCCC3)c2)n1. The highest BCUT2D eigenvalue weighted by Gasteiger charge is 2.29. The van der Waals surface area contributed by atoms with Crippen LogP contribution in [0.5, 0.6) is 0 Å². The van der Waals surface area contributed by atoms with Crippen LogP contribution in [0.15, 0.2) is 33.3 Å². The highest BCUT2D eigenvalue weighted by molar-refractivity contribution is 5.95. The second kappa shape index (κ2) is 11.1. The maximum atomic E-state index is 13.6. The fourth-order valence-corrected chi connectivity index (χ4v) is 4.86. The lowest BCUT2D eigenvalue weighted by molar-refractivity contribution is -0.123. The van der Waals surface area contributed by atoms with E-state index in [1.54, 1.807) is 0 Å². The average molecular weight is 478 g/mol. The number of amides is 1. The van der Waals surface area contributed by atoms with Crippen molar-refractivity contribution in [2.24, 2.45) is 5.92 Å². The summed E-state index contributed by atoms with van der Waals surface area (Å²) in [5, 5.41) is 8.12. The zero-order valence-electron chi connectivity index (χ0n) is 20.6. The van der Waals surface area contributed by atoms with Gasteiger partial charge in [-0.2, -0.15) is 9.97 Å². The molecule has 2 aliphatic rings. The zero-order chi connectivity index (χ0) is 24.0. The van der Waals surface area contributed by atoms with E-state index in [2.05, 4.69) is 20.3 Å². The van der Waals surface area contributed by atoms with Gasteiger partial charge in [-0.3, -0.25) is 4.79 Å². The van der Waals surface area contributed by atoms with Gasteiger partial charge in [0.1, 0.15) is 0 Å². The van der Waals surface area contributed by atoms with E-state index >= 15 is 0 Å². The van der Waals surface area contributed by atoms with Crippen LogP contribution < -0.4 is 4.90 Å². The Morgan fingerprint density at radius 3 is 2.63 bits per heavy atom. The highest BCUT2D eigenvalue weighted by atomic mass is 16.5. The molecule has 0 saturated heterocycles. The van der Waals surface area contributed by atoms with E-state index in [0.29, 0.717) is 24.2 Å². The van der Waals surface area contributed by atoms with E-state index in [1.807, 2.05) is 36.1 Å². The maximum Gasteiger partial charge on any atom is 0.257 e. The van der Waals surface area contributed by atoms with Gasteiger partial charge in [0.05, 0.1) is 0 Å². The Hall–Kier alpha value is -3.03. The lowest BCUT2D eigenvalue weighted by atomic mass is 9.88. The lowest BCUT2D eigenvalue weighted by Gasteiger charge is -2.29. The predicted molar refractivity (Wildman–Crippen MR) is 132 cm³/mol. The summed E-state index contributed by atoms with van der Waals surface area (Å²) in [7, 11) is 0. The number of carbonyl (C=O) groups excluding carboxylic acids is 1. The lowest BCUT2D eigenvalue weighted by Crippen LogP contribution is -2.38. The first-order chi connectivity index (χ1) is 17.2. The van der Waals surface area contributed by atoms with Gasteiger partial charge in [0.2, 0.25) is 11.8 Å². The van der Waals surface area contributed by atoms with Gasteiger partial charge in [-0.15, -0.1) is 0 Å². The molecule has 2 fully saturated rings. The van der Waals surface area contributed by atoms with Crippen LogP contribution in [-0.2, 0) is 17.6 Å². The highest BCUT2D eigenvalue weighted by Crippen LogP contribution is 2.38. The van der Waals surface area contributed by atoms with Crippen molar-refractivity contribution in [3.05, 3.63) is 41.8 Å². The van der Waals surface area contributed by atoms with E-state index in [0.717, 1.165) is 80.8 Å². The average Bonchev–Trinajstić information content (AvgIpc) is 3.45. The van der Waals surface area contributed by atoms with Crippen LogP contribution >= 0.6 is 0 Å². The van der Waals surface area contributed by atoms with Gasteiger partial charge < -0.3 is 13.9 Å². The molecule has 2 aliphatic carbocycles. The van der Waals surface area contributed by atoms with Crippen molar-refractivity contribution in [3.8, 4) is 11.5 Å². The fourth-order valence-electron chi connectivity index (χ4n) is 4.86. The number of nitrogens with zero attached hydrogens (tertiary/aromatic N) is 5. The molecule has 0 N–H and O–H groups in total. The van der Waals surface area contributed by atoms with Crippen LogP contribution in [0.25, 0.3) is 11.5 Å². The van der Waals surface area contributed by atoms with Crippen LogP contribution in [0.1, 0.15) is 94.6 Å². The summed E-state index contributed by atoms with van der Waals surface area (Å²) < 4.78 is 10.8. The second-order valence-corrected chi connectivity index (χ2v) is 9.88. The molecule has 8 nitrogen and oxygen atoms in total. The molecule has 0 bridgehead atoms. The van der Waals surface area contributed by atoms with Gasteiger partial charge in [0, 0.05) is 42.5 Å². The molecule has 8 heteroatoms. The second-order valence-electron chi connectivity index (χ2n) is 9.88. The predicted octanol–water partition coefficient (Wildman–Crippen LogP) is 5.89. The number of aryl methyl sites for hydroxylation is 2. The molecule has 2 heterocycles. The Morgan fingerprint density at radius 2 is 1.86 bits per heavy atom. The summed E-state index contributed by atoms with van der Waals surface area (Å²) in [5.74, 6) is 3.67. The molecule has 2 aromatic heterocycles. The molecule has 0 spiro atoms.